The van der Waals surface area contributed by atoms with Crippen LogP contribution in [0.3, 0.4) is 0 Å². The average molecular weight is 334 g/mol. The highest BCUT2D eigenvalue weighted by atomic mass is 35.5. The van der Waals surface area contributed by atoms with Crippen LogP contribution in [0.15, 0.2) is 18.2 Å². The lowest BCUT2D eigenvalue weighted by Gasteiger charge is -2.18. The van der Waals surface area contributed by atoms with Crippen LogP contribution in [0.2, 0.25) is 10.0 Å². The van der Waals surface area contributed by atoms with E-state index in [1.807, 2.05) is 0 Å². The summed E-state index contributed by atoms with van der Waals surface area (Å²) < 4.78 is 11.0. The van der Waals surface area contributed by atoms with Gasteiger partial charge in [-0.25, -0.2) is 0 Å². The molecule has 118 valence electrons. The lowest BCUT2D eigenvalue weighted by molar-refractivity contribution is 0.0946. The molecule has 3 unspecified atom stereocenters. The van der Waals surface area contributed by atoms with Gasteiger partial charge in [-0.05, 0) is 31.4 Å². The largest absolute Gasteiger partial charge is 0.488 e. The molecule has 21 heavy (non-hydrogen) atoms. The van der Waals surface area contributed by atoms with Crippen molar-refractivity contribution in [2.24, 2.45) is 5.92 Å². The second kappa shape index (κ2) is 8.20. The van der Waals surface area contributed by atoms with Crippen molar-refractivity contribution in [1.29, 1.82) is 0 Å². The summed E-state index contributed by atoms with van der Waals surface area (Å²) in [6.07, 6.45) is 0.735. The number of benzene rings is 1. The molecule has 1 aromatic carbocycles. The van der Waals surface area contributed by atoms with E-state index in [4.69, 9.17) is 32.7 Å². The molecule has 1 heterocycles. The van der Waals surface area contributed by atoms with Crippen molar-refractivity contribution in [3.8, 4) is 5.75 Å². The third kappa shape index (κ3) is 5.01. The number of ether oxygens (including phenoxy) is 2. The fourth-order valence-electron chi connectivity index (χ4n) is 2.34. The van der Waals surface area contributed by atoms with Crippen LogP contribution < -0.4 is 10.1 Å². The van der Waals surface area contributed by atoms with Gasteiger partial charge in [0.05, 0.1) is 16.1 Å². The molecule has 0 aliphatic carbocycles. The Bertz CT molecular complexity index is 438. The van der Waals surface area contributed by atoms with E-state index in [9.17, 15) is 5.11 Å². The molecule has 1 aliphatic heterocycles. The fourth-order valence-corrected chi connectivity index (χ4v) is 2.84. The Kier molecular flexibility index (Phi) is 6.58. The van der Waals surface area contributed by atoms with Crippen molar-refractivity contribution in [2.75, 3.05) is 26.3 Å². The quantitative estimate of drug-likeness (QED) is 0.805. The van der Waals surface area contributed by atoms with E-state index in [0.29, 0.717) is 28.3 Å². The highest BCUT2D eigenvalue weighted by Gasteiger charge is 2.23. The Morgan fingerprint density at radius 1 is 1.43 bits per heavy atom. The summed E-state index contributed by atoms with van der Waals surface area (Å²) in [5.41, 5.74) is 0. The van der Waals surface area contributed by atoms with Gasteiger partial charge in [0.15, 0.2) is 5.75 Å². The predicted octanol–water partition coefficient (Wildman–Crippen LogP) is 2.75. The van der Waals surface area contributed by atoms with Crippen molar-refractivity contribution in [2.45, 2.75) is 25.6 Å². The molecule has 0 spiro atoms. The molecule has 1 fully saturated rings. The van der Waals surface area contributed by atoms with Crippen molar-refractivity contribution in [3.63, 3.8) is 0 Å². The molecule has 2 rings (SSSR count). The first-order chi connectivity index (χ1) is 10.1. The number of aliphatic hydroxyl groups excluding tert-OH is 1. The Morgan fingerprint density at radius 3 is 2.76 bits per heavy atom. The third-order valence-corrected chi connectivity index (χ3v) is 4.25. The first-order valence-corrected chi connectivity index (χ1v) is 7.90. The number of nitrogens with one attached hydrogen (secondary N) is 1. The summed E-state index contributed by atoms with van der Waals surface area (Å²) in [5, 5.41) is 14.1. The Hall–Kier alpha value is -0.520. The topological polar surface area (TPSA) is 50.7 Å². The van der Waals surface area contributed by atoms with Gasteiger partial charge in [0, 0.05) is 19.7 Å². The Balaban J connectivity index is 1.69. The van der Waals surface area contributed by atoms with E-state index in [-0.39, 0.29) is 12.7 Å². The number of hydrogen-bond acceptors (Lipinski definition) is 4. The lowest BCUT2D eigenvalue weighted by atomic mass is 10.0. The van der Waals surface area contributed by atoms with Crippen LogP contribution in [0.1, 0.15) is 13.3 Å². The number of hydrogen-bond donors (Lipinski definition) is 2. The summed E-state index contributed by atoms with van der Waals surface area (Å²) in [7, 11) is 0. The second-order valence-electron chi connectivity index (χ2n) is 5.30. The predicted molar refractivity (Wildman–Crippen MR) is 84.4 cm³/mol. The van der Waals surface area contributed by atoms with E-state index in [1.54, 1.807) is 18.2 Å². The van der Waals surface area contributed by atoms with Gasteiger partial charge in [0.25, 0.3) is 0 Å². The van der Waals surface area contributed by atoms with Crippen molar-refractivity contribution < 1.29 is 14.6 Å². The van der Waals surface area contributed by atoms with E-state index in [2.05, 4.69) is 12.2 Å². The summed E-state index contributed by atoms with van der Waals surface area (Å²) in [6.45, 7) is 4.35. The maximum Gasteiger partial charge on any atom is 0.156 e. The van der Waals surface area contributed by atoms with Crippen LogP contribution in [-0.4, -0.2) is 43.6 Å². The summed E-state index contributed by atoms with van der Waals surface area (Å²) >= 11 is 12.0. The van der Waals surface area contributed by atoms with Crippen molar-refractivity contribution >= 4 is 23.2 Å². The molecule has 6 heteroatoms. The maximum atomic E-state index is 9.93. The third-order valence-electron chi connectivity index (χ3n) is 3.66. The minimum absolute atomic E-state index is 0.146. The fraction of sp³-hybridized carbons (Fsp3) is 0.600. The van der Waals surface area contributed by atoms with E-state index in [0.717, 1.165) is 19.6 Å². The van der Waals surface area contributed by atoms with E-state index in [1.165, 1.54) is 0 Å². The number of halogens is 2. The Morgan fingerprint density at radius 2 is 2.14 bits per heavy atom. The van der Waals surface area contributed by atoms with Crippen LogP contribution in [0.4, 0.5) is 0 Å². The molecule has 0 saturated carbocycles. The minimum Gasteiger partial charge on any atom is -0.488 e. The number of aliphatic hydroxyl groups is 1. The molecule has 2 N–H and O–H groups in total. The summed E-state index contributed by atoms with van der Waals surface area (Å²) in [4.78, 5) is 0. The lowest BCUT2D eigenvalue weighted by Crippen LogP contribution is -2.35. The van der Waals surface area contributed by atoms with Gasteiger partial charge in [-0.15, -0.1) is 0 Å². The van der Waals surface area contributed by atoms with Gasteiger partial charge in [-0.2, -0.15) is 0 Å². The number of rotatable bonds is 7. The SMILES string of the molecule is CC1OCCC1CNCC(O)COc1c(Cl)cccc1Cl. The van der Waals surface area contributed by atoms with Gasteiger partial charge in [-0.1, -0.05) is 29.3 Å². The minimum atomic E-state index is -0.616. The summed E-state index contributed by atoms with van der Waals surface area (Å²) in [6, 6.07) is 5.16. The van der Waals surface area contributed by atoms with Gasteiger partial charge >= 0.3 is 0 Å². The monoisotopic (exact) mass is 333 g/mol. The highest BCUT2D eigenvalue weighted by molar-refractivity contribution is 6.37. The molecule has 0 radical (unpaired) electrons. The second-order valence-corrected chi connectivity index (χ2v) is 6.11. The molecule has 4 nitrogen and oxygen atoms in total. The van der Waals surface area contributed by atoms with Crippen LogP contribution in [-0.2, 0) is 4.74 Å². The number of para-hydroxylation sites is 1. The van der Waals surface area contributed by atoms with Gasteiger partial charge in [-0.3, -0.25) is 0 Å². The average Bonchev–Trinajstić information content (AvgIpc) is 2.84. The molecular weight excluding hydrogens is 313 g/mol. The van der Waals surface area contributed by atoms with Gasteiger partial charge < -0.3 is 19.9 Å². The molecule has 1 aromatic rings. The maximum absolute atomic E-state index is 9.93. The first kappa shape index (κ1) is 16.8. The summed E-state index contributed by atoms with van der Waals surface area (Å²) in [5.74, 6) is 0.925. The van der Waals surface area contributed by atoms with Crippen LogP contribution in [0, 0.1) is 5.92 Å². The van der Waals surface area contributed by atoms with Crippen LogP contribution >= 0.6 is 23.2 Å². The molecule has 3 atom stereocenters. The molecule has 1 aliphatic rings. The van der Waals surface area contributed by atoms with Crippen LogP contribution in [0.5, 0.6) is 5.75 Å². The standard InChI is InChI=1S/C15H21Cl2NO3/c1-10-11(5-6-20-10)7-18-8-12(19)9-21-15-13(16)3-2-4-14(15)17/h2-4,10-12,18-19H,5-9H2,1H3. The smallest absolute Gasteiger partial charge is 0.156 e. The zero-order valence-electron chi connectivity index (χ0n) is 12.0. The Labute approximate surface area is 135 Å². The van der Waals surface area contributed by atoms with E-state index < -0.39 is 6.10 Å². The molecule has 1 saturated heterocycles. The molecule has 0 aromatic heterocycles. The first-order valence-electron chi connectivity index (χ1n) is 7.15. The van der Waals surface area contributed by atoms with E-state index >= 15 is 0 Å². The van der Waals surface area contributed by atoms with Gasteiger partial charge in [0.1, 0.15) is 12.7 Å². The zero-order valence-corrected chi connectivity index (χ0v) is 13.5. The molecular formula is C15H21Cl2NO3. The van der Waals surface area contributed by atoms with Crippen molar-refractivity contribution in [3.05, 3.63) is 28.2 Å². The van der Waals surface area contributed by atoms with Crippen molar-refractivity contribution in [1.82, 2.24) is 5.32 Å². The molecule has 0 bridgehead atoms. The van der Waals surface area contributed by atoms with Gasteiger partial charge in [0.2, 0.25) is 0 Å². The highest BCUT2D eigenvalue weighted by Crippen LogP contribution is 2.32. The van der Waals surface area contributed by atoms with Crippen LogP contribution in [0.25, 0.3) is 0 Å². The molecule has 0 amide bonds. The zero-order chi connectivity index (χ0) is 15.2. The normalized spacial score (nSPS) is 23.2.